The molecule has 3 heteroatoms. The lowest BCUT2D eigenvalue weighted by Gasteiger charge is -2.00. The fourth-order valence-corrected chi connectivity index (χ4v) is 1.20. The molecule has 0 aliphatic rings. The molecule has 1 rings (SSSR count). The van der Waals surface area contributed by atoms with Crippen LogP contribution in [0.3, 0.4) is 0 Å². The lowest BCUT2D eigenvalue weighted by atomic mass is 10.2. The molecule has 1 heterocycles. The summed E-state index contributed by atoms with van der Waals surface area (Å²) in [7, 11) is 0. The number of imidazole rings is 1. The van der Waals surface area contributed by atoms with Crippen molar-refractivity contribution >= 4 is 0 Å². The van der Waals surface area contributed by atoms with Crippen LogP contribution in [0.2, 0.25) is 0 Å². The summed E-state index contributed by atoms with van der Waals surface area (Å²) in [5, 5.41) is 0. The quantitative estimate of drug-likeness (QED) is 0.507. The van der Waals surface area contributed by atoms with Crippen LogP contribution in [0.4, 0.5) is 0 Å². The Hall–Kier alpha value is -0.830. The summed E-state index contributed by atoms with van der Waals surface area (Å²) in [6.07, 6.45) is 10.8. The van der Waals surface area contributed by atoms with Crippen LogP contribution in [0.15, 0.2) is 18.7 Å². The van der Waals surface area contributed by atoms with E-state index < -0.39 is 0 Å². The Kier molecular flexibility index (Phi) is 5.25. The van der Waals surface area contributed by atoms with Gasteiger partial charge in [0.1, 0.15) is 12.4 Å². The summed E-state index contributed by atoms with van der Waals surface area (Å²) in [6, 6.07) is 0. The highest BCUT2D eigenvalue weighted by molar-refractivity contribution is 4.54. The molecule has 0 radical (unpaired) electrons. The molecule has 3 nitrogen and oxygen atoms in total. The van der Waals surface area contributed by atoms with Crippen molar-refractivity contribution in [2.45, 2.75) is 39.3 Å². The number of hydrogen-bond acceptors (Lipinski definition) is 1. The number of aromatic nitrogens is 2. The SMILES string of the molecule is CCCCCCOC[n+]1cc[nH]c1. The smallest absolute Gasteiger partial charge is 0.243 e. The molecule has 0 saturated carbocycles. The van der Waals surface area contributed by atoms with Crippen LogP contribution in [0.25, 0.3) is 0 Å². The van der Waals surface area contributed by atoms with E-state index in [1.54, 1.807) is 0 Å². The molecular weight excluding hydrogens is 164 g/mol. The monoisotopic (exact) mass is 183 g/mol. The molecule has 1 aromatic heterocycles. The molecule has 1 N–H and O–H groups in total. The van der Waals surface area contributed by atoms with Gasteiger partial charge in [-0.15, -0.1) is 0 Å². The van der Waals surface area contributed by atoms with E-state index in [0.717, 1.165) is 6.61 Å². The van der Waals surface area contributed by atoms with Crippen LogP contribution in [0.5, 0.6) is 0 Å². The van der Waals surface area contributed by atoms with Crippen molar-refractivity contribution < 1.29 is 9.30 Å². The topological polar surface area (TPSA) is 28.9 Å². The summed E-state index contributed by atoms with van der Waals surface area (Å²) in [5.41, 5.74) is 0. The van der Waals surface area contributed by atoms with Gasteiger partial charge in [0.05, 0.1) is 6.61 Å². The predicted octanol–water partition coefficient (Wildman–Crippen LogP) is 1.86. The average Bonchev–Trinajstić information content (AvgIpc) is 2.63. The molecule has 0 fully saturated rings. The first-order valence-corrected chi connectivity index (χ1v) is 5.03. The van der Waals surface area contributed by atoms with E-state index in [2.05, 4.69) is 11.9 Å². The van der Waals surface area contributed by atoms with Crippen LogP contribution in [-0.2, 0) is 11.5 Å². The number of H-pyrrole nitrogens is 1. The first kappa shape index (κ1) is 10.3. The van der Waals surface area contributed by atoms with Crippen LogP contribution in [0, 0.1) is 0 Å². The predicted molar refractivity (Wildman–Crippen MR) is 51.1 cm³/mol. The Morgan fingerprint density at radius 3 is 2.92 bits per heavy atom. The van der Waals surface area contributed by atoms with Gasteiger partial charge in [-0.3, -0.25) is 4.98 Å². The third kappa shape index (κ3) is 4.68. The van der Waals surface area contributed by atoms with Crippen molar-refractivity contribution in [3.63, 3.8) is 0 Å². The molecule has 0 atom stereocenters. The molecule has 0 spiro atoms. The Labute approximate surface area is 79.7 Å². The Balaban J connectivity index is 1.90. The molecule has 13 heavy (non-hydrogen) atoms. The zero-order valence-corrected chi connectivity index (χ0v) is 8.33. The van der Waals surface area contributed by atoms with E-state index in [1.807, 2.05) is 23.3 Å². The molecule has 0 aliphatic carbocycles. The van der Waals surface area contributed by atoms with E-state index in [9.17, 15) is 0 Å². The maximum absolute atomic E-state index is 5.47. The summed E-state index contributed by atoms with van der Waals surface area (Å²) < 4.78 is 7.45. The zero-order chi connectivity index (χ0) is 9.36. The van der Waals surface area contributed by atoms with Gasteiger partial charge in [0.2, 0.25) is 6.33 Å². The summed E-state index contributed by atoms with van der Waals surface area (Å²) >= 11 is 0. The fourth-order valence-electron chi connectivity index (χ4n) is 1.20. The summed E-state index contributed by atoms with van der Waals surface area (Å²) in [5.74, 6) is 0. The average molecular weight is 183 g/mol. The second-order valence-corrected chi connectivity index (χ2v) is 3.22. The zero-order valence-electron chi connectivity index (χ0n) is 8.33. The van der Waals surface area contributed by atoms with Crippen molar-refractivity contribution in [3.05, 3.63) is 18.7 Å². The van der Waals surface area contributed by atoms with Crippen molar-refractivity contribution in [1.82, 2.24) is 4.98 Å². The fraction of sp³-hybridized carbons (Fsp3) is 0.700. The van der Waals surface area contributed by atoms with Gasteiger partial charge in [0, 0.05) is 0 Å². The number of unbranched alkanes of at least 4 members (excludes halogenated alkanes) is 3. The molecular formula is C10H19N2O+. The highest BCUT2D eigenvalue weighted by atomic mass is 16.5. The Bertz CT molecular complexity index is 197. The largest absolute Gasteiger partial charge is 0.342 e. The van der Waals surface area contributed by atoms with Gasteiger partial charge in [0.15, 0.2) is 6.73 Å². The number of rotatable bonds is 7. The van der Waals surface area contributed by atoms with Crippen LogP contribution < -0.4 is 4.57 Å². The van der Waals surface area contributed by atoms with E-state index in [4.69, 9.17) is 4.74 Å². The van der Waals surface area contributed by atoms with Gasteiger partial charge in [0.25, 0.3) is 0 Å². The van der Waals surface area contributed by atoms with Crippen LogP contribution >= 0.6 is 0 Å². The number of nitrogens with zero attached hydrogens (tertiary/aromatic N) is 1. The van der Waals surface area contributed by atoms with E-state index >= 15 is 0 Å². The molecule has 1 aromatic rings. The maximum atomic E-state index is 5.47. The van der Waals surface area contributed by atoms with E-state index in [1.165, 1.54) is 25.7 Å². The van der Waals surface area contributed by atoms with Crippen LogP contribution in [0.1, 0.15) is 32.6 Å². The molecule has 0 aliphatic heterocycles. The number of ether oxygens (including phenoxy) is 1. The molecule has 0 unspecified atom stereocenters. The number of nitrogens with one attached hydrogen (secondary N) is 1. The first-order chi connectivity index (χ1) is 6.43. The number of aromatic amines is 1. The normalized spacial score (nSPS) is 10.5. The van der Waals surface area contributed by atoms with Gasteiger partial charge in [-0.1, -0.05) is 26.2 Å². The molecule has 74 valence electrons. The Morgan fingerprint density at radius 1 is 1.31 bits per heavy atom. The second-order valence-electron chi connectivity index (χ2n) is 3.22. The lowest BCUT2D eigenvalue weighted by Crippen LogP contribution is -2.32. The van der Waals surface area contributed by atoms with Gasteiger partial charge in [-0.25, -0.2) is 4.57 Å². The van der Waals surface area contributed by atoms with Crippen molar-refractivity contribution in [2.75, 3.05) is 6.61 Å². The van der Waals surface area contributed by atoms with Gasteiger partial charge >= 0.3 is 0 Å². The van der Waals surface area contributed by atoms with Gasteiger partial charge in [-0.05, 0) is 6.42 Å². The van der Waals surface area contributed by atoms with E-state index in [-0.39, 0.29) is 0 Å². The molecule has 0 saturated heterocycles. The van der Waals surface area contributed by atoms with Crippen molar-refractivity contribution in [1.29, 1.82) is 0 Å². The third-order valence-electron chi connectivity index (χ3n) is 1.99. The van der Waals surface area contributed by atoms with Gasteiger partial charge in [-0.2, -0.15) is 0 Å². The second kappa shape index (κ2) is 6.66. The minimum absolute atomic E-state index is 0.662. The minimum Gasteiger partial charge on any atom is -0.342 e. The summed E-state index contributed by atoms with van der Waals surface area (Å²) in [4.78, 5) is 2.97. The first-order valence-electron chi connectivity index (χ1n) is 5.03. The van der Waals surface area contributed by atoms with Crippen molar-refractivity contribution in [3.8, 4) is 0 Å². The number of hydrogen-bond donors (Lipinski definition) is 1. The summed E-state index contributed by atoms with van der Waals surface area (Å²) in [6.45, 7) is 3.75. The standard InChI is InChI=1S/C10H18N2O/c1-2-3-4-5-8-13-10-12-7-6-11-9-12/h6-7,9H,2-5,8,10H2,1H3/p+1. The highest BCUT2D eigenvalue weighted by Crippen LogP contribution is 1.98. The van der Waals surface area contributed by atoms with Crippen LogP contribution in [-0.4, -0.2) is 11.6 Å². The lowest BCUT2D eigenvalue weighted by molar-refractivity contribution is -0.731. The minimum atomic E-state index is 0.662. The molecule has 0 bridgehead atoms. The van der Waals surface area contributed by atoms with E-state index in [0.29, 0.717) is 6.73 Å². The highest BCUT2D eigenvalue weighted by Gasteiger charge is 1.95. The third-order valence-corrected chi connectivity index (χ3v) is 1.99. The van der Waals surface area contributed by atoms with Crippen molar-refractivity contribution in [2.24, 2.45) is 0 Å². The maximum Gasteiger partial charge on any atom is 0.243 e. The Morgan fingerprint density at radius 2 is 2.23 bits per heavy atom. The van der Waals surface area contributed by atoms with Gasteiger partial charge < -0.3 is 4.74 Å². The molecule has 0 aromatic carbocycles. The molecule has 0 amide bonds.